The molecule has 0 bridgehead atoms. The number of aliphatic hydroxyl groups is 1. The predicted molar refractivity (Wildman–Crippen MR) is 87.4 cm³/mol. The molecule has 110 valence electrons. The largest absolute Gasteiger partial charge is 0.380 e. The first kappa shape index (κ1) is 16.8. The van der Waals surface area contributed by atoms with Gasteiger partial charge in [0.05, 0.1) is 0 Å². The van der Waals surface area contributed by atoms with Crippen LogP contribution in [0.3, 0.4) is 0 Å². The summed E-state index contributed by atoms with van der Waals surface area (Å²) in [7, 11) is 0. The van der Waals surface area contributed by atoms with Gasteiger partial charge in [-0.2, -0.15) is 0 Å². The second kappa shape index (κ2) is 9.61. The molecule has 1 N–H and O–H groups in total. The Morgan fingerprint density at radius 2 is 1.80 bits per heavy atom. The molecule has 0 saturated heterocycles. The highest BCUT2D eigenvalue weighted by Gasteiger charge is 2.03. The first-order valence-electron chi connectivity index (χ1n) is 7.72. The lowest BCUT2D eigenvalue weighted by molar-refractivity contribution is 0.231. The first-order chi connectivity index (χ1) is 9.58. The average molecular weight is 272 g/mol. The number of hydrogen-bond acceptors (Lipinski definition) is 1. The molecule has 0 heterocycles. The zero-order chi connectivity index (χ0) is 14.8. The van der Waals surface area contributed by atoms with E-state index in [0.29, 0.717) is 6.42 Å². The molecule has 0 amide bonds. The number of allylic oxidation sites excluding steroid dienone is 4. The summed E-state index contributed by atoms with van der Waals surface area (Å²) in [5.74, 6) is 5.99. The van der Waals surface area contributed by atoms with Gasteiger partial charge in [0.1, 0.15) is 6.10 Å². The molecular weight excluding hydrogens is 244 g/mol. The molecule has 20 heavy (non-hydrogen) atoms. The van der Waals surface area contributed by atoms with Crippen molar-refractivity contribution in [2.45, 2.75) is 71.3 Å². The molecule has 1 aliphatic carbocycles. The van der Waals surface area contributed by atoms with Crippen molar-refractivity contribution in [3.63, 3.8) is 0 Å². The Morgan fingerprint density at radius 1 is 1.10 bits per heavy atom. The fourth-order valence-corrected chi connectivity index (χ4v) is 2.37. The third-order valence-electron chi connectivity index (χ3n) is 3.65. The van der Waals surface area contributed by atoms with Crippen molar-refractivity contribution >= 4 is 0 Å². The SMILES string of the molecule is C=C1CCC/C(C)=C/CC/C(C)=C/CCC#CC(O)C1. The van der Waals surface area contributed by atoms with E-state index in [1.807, 2.05) is 0 Å². The quantitative estimate of drug-likeness (QED) is 0.489. The monoisotopic (exact) mass is 272 g/mol. The Morgan fingerprint density at radius 3 is 2.60 bits per heavy atom. The first-order valence-corrected chi connectivity index (χ1v) is 7.72. The summed E-state index contributed by atoms with van der Waals surface area (Å²) in [6.45, 7) is 8.45. The predicted octanol–water partition coefficient (Wildman–Crippen LogP) is 4.93. The standard InChI is InChI=1S/C19H28O/c1-16-9-5-4-6-14-19(20)15-18(3)13-8-12-17(2)11-7-10-16/h9,11,19-20H,3-5,7-8,10,12-13,15H2,1-2H3/b16-9+,17-11+. The van der Waals surface area contributed by atoms with E-state index in [9.17, 15) is 5.11 Å². The van der Waals surface area contributed by atoms with Crippen LogP contribution in [0.1, 0.15) is 65.2 Å². The van der Waals surface area contributed by atoms with Crippen LogP contribution in [0.15, 0.2) is 35.5 Å². The lowest BCUT2D eigenvalue weighted by atomic mass is 10.0. The van der Waals surface area contributed by atoms with Crippen molar-refractivity contribution < 1.29 is 5.11 Å². The minimum Gasteiger partial charge on any atom is -0.380 e. The van der Waals surface area contributed by atoms with Crippen LogP contribution in [0.25, 0.3) is 0 Å². The third kappa shape index (κ3) is 8.02. The summed E-state index contributed by atoms with van der Waals surface area (Å²) in [5.41, 5.74) is 4.03. The van der Waals surface area contributed by atoms with Crippen LogP contribution in [0, 0.1) is 11.8 Å². The number of rotatable bonds is 0. The van der Waals surface area contributed by atoms with Gasteiger partial charge < -0.3 is 5.11 Å². The van der Waals surface area contributed by atoms with Gasteiger partial charge in [-0.3, -0.25) is 0 Å². The molecule has 1 rings (SSSR count). The molecule has 0 aromatic heterocycles. The molecule has 0 aliphatic heterocycles. The van der Waals surface area contributed by atoms with E-state index in [4.69, 9.17) is 0 Å². The van der Waals surface area contributed by atoms with Crippen LogP contribution in [0.2, 0.25) is 0 Å². The van der Waals surface area contributed by atoms with Crippen LogP contribution >= 0.6 is 0 Å². The van der Waals surface area contributed by atoms with E-state index in [2.05, 4.69) is 44.4 Å². The maximum Gasteiger partial charge on any atom is 0.118 e. The Hall–Kier alpha value is -1.26. The van der Waals surface area contributed by atoms with Crippen LogP contribution in [0.5, 0.6) is 0 Å². The van der Waals surface area contributed by atoms with Gasteiger partial charge in [0.15, 0.2) is 0 Å². The fraction of sp³-hybridized carbons (Fsp3) is 0.579. The van der Waals surface area contributed by atoms with Crippen LogP contribution in [-0.4, -0.2) is 11.2 Å². The number of hydrogen-bond donors (Lipinski definition) is 1. The maximum absolute atomic E-state index is 9.83. The van der Waals surface area contributed by atoms with Crippen molar-refractivity contribution in [1.82, 2.24) is 0 Å². The van der Waals surface area contributed by atoms with Crippen molar-refractivity contribution in [2.75, 3.05) is 0 Å². The summed E-state index contributed by atoms with van der Waals surface area (Å²) < 4.78 is 0. The van der Waals surface area contributed by atoms with E-state index in [-0.39, 0.29) is 0 Å². The molecule has 1 aliphatic rings. The average Bonchev–Trinajstić information content (AvgIpc) is 2.37. The van der Waals surface area contributed by atoms with E-state index in [1.54, 1.807) is 0 Å². The van der Waals surface area contributed by atoms with Crippen LogP contribution in [-0.2, 0) is 0 Å². The Labute approximate surface area is 124 Å². The van der Waals surface area contributed by atoms with E-state index in [1.165, 1.54) is 11.1 Å². The van der Waals surface area contributed by atoms with E-state index < -0.39 is 6.10 Å². The number of aliphatic hydroxyl groups excluding tert-OH is 1. The molecule has 1 atom stereocenters. The Balaban J connectivity index is 2.62. The fourth-order valence-electron chi connectivity index (χ4n) is 2.37. The maximum atomic E-state index is 9.83. The van der Waals surface area contributed by atoms with E-state index >= 15 is 0 Å². The summed E-state index contributed by atoms with van der Waals surface area (Å²) in [6.07, 6.45) is 12.0. The van der Waals surface area contributed by atoms with Crippen LogP contribution < -0.4 is 0 Å². The molecule has 0 fully saturated rings. The normalized spacial score (nSPS) is 28.6. The van der Waals surface area contributed by atoms with Crippen LogP contribution in [0.4, 0.5) is 0 Å². The highest BCUT2D eigenvalue weighted by Crippen LogP contribution is 2.16. The highest BCUT2D eigenvalue weighted by molar-refractivity contribution is 5.12. The summed E-state index contributed by atoms with van der Waals surface area (Å²) in [5, 5.41) is 9.83. The molecule has 0 aromatic carbocycles. The summed E-state index contributed by atoms with van der Waals surface area (Å²) in [4.78, 5) is 0. The smallest absolute Gasteiger partial charge is 0.118 e. The molecule has 0 radical (unpaired) electrons. The van der Waals surface area contributed by atoms with Gasteiger partial charge in [-0.05, 0) is 52.4 Å². The summed E-state index contributed by atoms with van der Waals surface area (Å²) >= 11 is 0. The molecular formula is C19H28O. The van der Waals surface area contributed by atoms with Gasteiger partial charge in [0.25, 0.3) is 0 Å². The van der Waals surface area contributed by atoms with Crippen molar-refractivity contribution in [3.8, 4) is 11.8 Å². The highest BCUT2D eigenvalue weighted by atomic mass is 16.3. The Kier molecular flexibility index (Phi) is 8.07. The van der Waals surface area contributed by atoms with Gasteiger partial charge in [-0.25, -0.2) is 0 Å². The molecule has 0 aromatic rings. The lowest BCUT2D eigenvalue weighted by Crippen LogP contribution is -2.04. The molecule has 1 heteroatoms. The molecule has 1 unspecified atom stereocenters. The van der Waals surface area contributed by atoms with Gasteiger partial charge in [0, 0.05) is 12.8 Å². The van der Waals surface area contributed by atoms with Gasteiger partial charge >= 0.3 is 0 Å². The zero-order valence-electron chi connectivity index (χ0n) is 13.0. The Bertz CT molecular complexity index is 428. The van der Waals surface area contributed by atoms with E-state index in [0.717, 1.165) is 50.5 Å². The minimum absolute atomic E-state index is 0.544. The van der Waals surface area contributed by atoms with Crippen molar-refractivity contribution in [2.24, 2.45) is 0 Å². The zero-order valence-corrected chi connectivity index (χ0v) is 13.0. The minimum atomic E-state index is -0.544. The van der Waals surface area contributed by atoms with Crippen molar-refractivity contribution in [3.05, 3.63) is 35.5 Å². The van der Waals surface area contributed by atoms with Gasteiger partial charge in [-0.1, -0.05) is 41.4 Å². The van der Waals surface area contributed by atoms with Crippen molar-refractivity contribution in [1.29, 1.82) is 0 Å². The third-order valence-corrected chi connectivity index (χ3v) is 3.65. The molecule has 0 spiro atoms. The van der Waals surface area contributed by atoms with Gasteiger partial charge in [-0.15, -0.1) is 5.92 Å². The topological polar surface area (TPSA) is 20.2 Å². The lowest BCUT2D eigenvalue weighted by Gasteiger charge is -2.08. The second-order valence-corrected chi connectivity index (χ2v) is 5.82. The molecule has 0 saturated carbocycles. The molecule has 1 nitrogen and oxygen atoms in total. The second-order valence-electron chi connectivity index (χ2n) is 5.82. The van der Waals surface area contributed by atoms with Gasteiger partial charge in [0.2, 0.25) is 0 Å². The summed E-state index contributed by atoms with van der Waals surface area (Å²) in [6, 6.07) is 0.